The van der Waals surface area contributed by atoms with E-state index in [0.717, 1.165) is 17.0 Å². The number of carbonyl (C=O) groups is 2. The molecule has 1 aromatic heterocycles. The quantitative estimate of drug-likeness (QED) is 0.411. The van der Waals surface area contributed by atoms with Crippen molar-refractivity contribution in [2.45, 2.75) is 25.8 Å². The van der Waals surface area contributed by atoms with Crippen LogP contribution in [0.5, 0.6) is 5.75 Å². The van der Waals surface area contributed by atoms with Gasteiger partial charge in [-0.25, -0.2) is 9.67 Å². The summed E-state index contributed by atoms with van der Waals surface area (Å²) in [5.74, 6) is 1.15. The zero-order valence-electron chi connectivity index (χ0n) is 20.7. The number of rotatable bonds is 7. The van der Waals surface area contributed by atoms with E-state index in [0.29, 0.717) is 43.9 Å². The van der Waals surface area contributed by atoms with Gasteiger partial charge in [0.1, 0.15) is 5.75 Å². The molecular weight excluding hydrogens is 466 g/mol. The van der Waals surface area contributed by atoms with E-state index in [9.17, 15) is 9.59 Å². The van der Waals surface area contributed by atoms with Crippen LogP contribution in [0.3, 0.4) is 0 Å². The number of aromatic nitrogens is 3. The second-order valence-electron chi connectivity index (χ2n) is 8.87. The van der Waals surface area contributed by atoms with Crippen LogP contribution in [0, 0.1) is 0 Å². The topological polar surface area (TPSA) is 89.4 Å². The molecule has 0 atom stereocenters. The van der Waals surface area contributed by atoms with Gasteiger partial charge in [-0.15, -0.1) is 5.10 Å². The van der Waals surface area contributed by atoms with E-state index >= 15 is 0 Å². The van der Waals surface area contributed by atoms with Gasteiger partial charge in [-0.3, -0.25) is 9.59 Å². The van der Waals surface area contributed by atoms with Crippen molar-refractivity contribution in [2.75, 3.05) is 19.7 Å². The Morgan fingerprint density at radius 3 is 2.22 bits per heavy atom. The largest absolute Gasteiger partial charge is 0.494 e. The highest BCUT2D eigenvalue weighted by Gasteiger charge is 2.27. The summed E-state index contributed by atoms with van der Waals surface area (Å²) in [6.45, 7) is 3.65. The van der Waals surface area contributed by atoms with E-state index in [2.05, 4.69) is 15.4 Å². The highest BCUT2D eigenvalue weighted by atomic mass is 16.5. The first-order valence-electron chi connectivity index (χ1n) is 12.5. The Bertz CT molecular complexity index is 1290. The molecule has 0 aliphatic carbocycles. The van der Waals surface area contributed by atoms with Crippen molar-refractivity contribution >= 4 is 11.8 Å². The number of nitrogens with zero attached hydrogens (tertiary/aromatic N) is 4. The average Bonchev–Trinajstić information content (AvgIpc) is 3.41. The Labute approximate surface area is 215 Å². The van der Waals surface area contributed by atoms with Crippen molar-refractivity contribution in [3.05, 3.63) is 96.3 Å². The summed E-state index contributed by atoms with van der Waals surface area (Å²) >= 11 is 0. The van der Waals surface area contributed by atoms with Crippen LogP contribution in [0.1, 0.15) is 40.7 Å². The molecule has 1 fully saturated rings. The van der Waals surface area contributed by atoms with Gasteiger partial charge in [0.15, 0.2) is 5.82 Å². The normalized spacial score (nSPS) is 13.8. The molecule has 0 unspecified atom stereocenters. The Hall–Kier alpha value is -4.46. The fourth-order valence-electron chi connectivity index (χ4n) is 4.45. The van der Waals surface area contributed by atoms with E-state index in [1.54, 1.807) is 16.8 Å². The van der Waals surface area contributed by atoms with Crippen molar-refractivity contribution in [1.82, 2.24) is 25.0 Å². The van der Waals surface area contributed by atoms with Crippen LogP contribution < -0.4 is 10.1 Å². The van der Waals surface area contributed by atoms with Gasteiger partial charge in [-0.1, -0.05) is 48.5 Å². The summed E-state index contributed by atoms with van der Waals surface area (Å²) in [6.07, 6.45) is 1.33. The molecule has 1 aliphatic rings. The van der Waals surface area contributed by atoms with Crippen molar-refractivity contribution in [2.24, 2.45) is 0 Å². The third kappa shape index (κ3) is 5.53. The monoisotopic (exact) mass is 495 g/mol. The summed E-state index contributed by atoms with van der Waals surface area (Å²) in [7, 11) is 0. The van der Waals surface area contributed by atoms with Crippen molar-refractivity contribution in [1.29, 1.82) is 0 Å². The fraction of sp³-hybridized carbons (Fsp3) is 0.241. The molecule has 1 saturated heterocycles. The van der Waals surface area contributed by atoms with E-state index in [-0.39, 0.29) is 23.7 Å². The predicted octanol–water partition coefficient (Wildman–Crippen LogP) is 4.37. The van der Waals surface area contributed by atoms with Gasteiger partial charge in [-0.2, -0.15) is 0 Å². The lowest BCUT2D eigenvalue weighted by Gasteiger charge is -2.32. The van der Waals surface area contributed by atoms with Crippen LogP contribution in [0.2, 0.25) is 0 Å². The fourth-order valence-corrected chi connectivity index (χ4v) is 4.45. The third-order valence-electron chi connectivity index (χ3n) is 6.37. The Kier molecular flexibility index (Phi) is 7.26. The lowest BCUT2D eigenvalue weighted by molar-refractivity contribution is 0.0697. The molecule has 1 N–H and O–H groups in total. The number of para-hydroxylation sites is 1. The summed E-state index contributed by atoms with van der Waals surface area (Å²) in [4.78, 5) is 32.4. The highest BCUT2D eigenvalue weighted by Crippen LogP contribution is 2.22. The van der Waals surface area contributed by atoms with Gasteiger partial charge in [0.05, 0.1) is 12.3 Å². The van der Waals surface area contributed by atoms with Crippen LogP contribution in [0.15, 0.2) is 84.9 Å². The molecule has 2 amide bonds. The number of amides is 2. The standard InChI is InChI=1S/C29H29N5O3/c1-2-37-25-15-13-22(14-16-25)29(36)33-19-17-23(18-20-33)30-28(35)26-31-27(21-9-5-3-6-10-21)34(32-26)24-11-7-4-8-12-24/h3-16,23H,2,17-20H2,1H3,(H,30,35). The number of hydrogen-bond donors (Lipinski definition) is 1. The summed E-state index contributed by atoms with van der Waals surface area (Å²) in [5.41, 5.74) is 2.34. The Balaban J connectivity index is 1.24. The lowest BCUT2D eigenvalue weighted by atomic mass is 10.0. The first kappa shape index (κ1) is 24.2. The van der Waals surface area contributed by atoms with Crippen LogP contribution in [0.25, 0.3) is 17.1 Å². The van der Waals surface area contributed by atoms with Gasteiger partial charge in [0.25, 0.3) is 11.8 Å². The van der Waals surface area contributed by atoms with Gasteiger partial charge >= 0.3 is 0 Å². The van der Waals surface area contributed by atoms with Crippen LogP contribution in [-0.2, 0) is 0 Å². The average molecular weight is 496 g/mol. The molecule has 37 heavy (non-hydrogen) atoms. The Morgan fingerprint density at radius 1 is 0.919 bits per heavy atom. The second kappa shape index (κ2) is 11.1. The first-order valence-corrected chi connectivity index (χ1v) is 12.5. The molecular formula is C29H29N5O3. The minimum atomic E-state index is -0.317. The van der Waals surface area contributed by atoms with E-state index in [1.807, 2.05) is 84.6 Å². The van der Waals surface area contributed by atoms with E-state index in [4.69, 9.17) is 4.74 Å². The smallest absolute Gasteiger partial charge is 0.291 e. The number of piperidine rings is 1. The molecule has 0 saturated carbocycles. The van der Waals surface area contributed by atoms with Crippen molar-refractivity contribution in [3.63, 3.8) is 0 Å². The minimum Gasteiger partial charge on any atom is -0.494 e. The van der Waals surface area contributed by atoms with Crippen LogP contribution in [0.4, 0.5) is 0 Å². The van der Waals surface area contributed by atoms with Crippen molar-refractivity contribution in [3.8, 4) is 22.8 Å². The van der Waals surface area contributed by atoms with Crippen molar-refractivity contribution < 1.29 is 14.3 Å². The summed E-state index contributed by atoms with van der Waals surface area (Å²) in [6, 6.07) is 26.5. The number of hydrogen-bond acceptors (Lipinski definition) is 5. The van der Waals surface area contributed by atoms with Crippen LogP contribution in [-0.4, -0.2) is 57.2 Å². The zero-order chi connectivity index (χ0) is 25.6. The van der Waals surface area contributed by atoms with Crippen LogP contribution >= 0.6 is 0 Å². The van der Waals surface area contributed by atoms with Gasteiger partial charge in [0.2, 0.25) is 5.82 Å². The number of ether oxygens (including phenoxy) is 1. The molecule has 188 valence electrons. The molecule has 4 aromatic rings. The number of likely N-dealkylation sites (tertiary alicyclic amines) is 1. The lowest BCUT2D eigenvalue weighted by Crippen LogP contribution is -2.46. The summed E-state index contributed by atoms with van der Waals surface area (Å²) < 4.78 is 7.15. The molecule has 2 heterocycles. The third-order valence-corrected chi connectivity index (χ3v) is 6.37. The highest BCUT2D eigenvalue weighted by molar-refractivity contribution is 5.94. The first-order chi connectivity index (χ1) is 18.1. The molecule has 0 bridgehead atoms. The number of nitrogens with one attached hydrogen (secondary N) is 1. The van der Waals surface area contributed by atoms with Gasteiger partial charge in [0, 0.05) is 30.3 Å². The molecule has 0 radical (unpaired) electrons. The van der Waals surface area contributed by atoms with E-state index < -0.39 is 0 Å². The maximum Gasteiger partial charge on any atom is 0.291 e. The molecule has 8 heteroatoms. The second-order valence-corrected chi connectivity index (χ2v) is 8.87. The van der Waals surface area contributed by atoms with Gasteiger partial charge < -0.3 is 15.0 Å². The predicted molar refractivity (Wildman–Crippen MR) is 141 cm³/mol. The maximum absolute atomic E-state index is 13.1. The molecule has 3 aromatic carbocycles. The summed E-state index contributed by atoms with van der Waals surface area (Å²) in [5, 5.41) is 7.61. The SMILES string of the molecule is CCOc1ccc(C(=O)N2CCC(NC(=O)c3nc(-c4ccccc4)n(-c4ccccc4)n3)CC2)cc1. The van der Waals surface area contributed by atoms with E-state index in [1.165, 1.54) is 0 Å². The maximum atomic E-state index is 13.1. The number of carbonyl (C=O) groups excluding carboxylic acids is 2. The molecule has 0 spiro atoms. The Morgan fingerprint density at radius 2 is 1.57 bits per heavy atom. The minimum absolute atomic E-state index is 0.0106. The number of benzene rings is 3. The molecule has 5 rings (SSSR count). The molecule has 1 aliphatic heterocycles. The molecule has 8 nitrogen and oxygen atoms in total. The van der Waals surface area contributed by atoms with Gasteiger partial charge in [-0.05, 0) is 56.2 Å². The zero-order valence-corrected chi connectivity index (χ0v) is 20.7.